The number of aromatic nitrogens is 6. The first-order valence-corrected chi connectivity index (χ1v) is 9.05. The number of hydrogen-bond donors (Lipinski definition) is 1. The average Bonchev–Trinajstić information content (AvgIpc) is 3.08. The van der Waals surface area contributed by atoms with Gasteiger partial charge in [-0.25, -0.2) is 4.98 Å². The number of aryl methyl sites for hydroxylation is 1. The fourth-order valence-electron chi connectivity index (χ4n) is 3.59. The molecule has 0 aliphatic carbocycles. The Morgan fingerprint density at radius 1 is 1.31 bits per heavy atom. The Labute approximate surface area is 151 Å². The van der Waals surface area contributed by atoms with Gasteiger partial charge in [0, 0.05) is 25.1 Å². The molecule has 1 unspecified atom stereocenters. The minimum Gasteiger partial charge on any atom is -0.368 e. The lowest BCUT2D eigenvalue weighted by molar-refractivity contribution is 0.499. The number of rotatable bonds is 3. The monoisotopic (exact) mass is 353 g/mol. The van der Waals surface area contributed by atoms with Crippen molar-refractivity contribution >= 4 is 11.3 Å². The van der Waals surface area contributed by atoms with Crippen LogP contribution in [0.15, 0.2) is 23.3 Å². The SMILES string of the molecule is Cc1nc(C2CCCN(c3cc(C(C)C)nn4cnnc34)C2)cc(=O)[nH]1. The van der Waals surface area contributed by atoms with Crippen molar-refractivity contribution in [1.29, 1.82) is 0 Å². The van der Waals surface area contributed by atoms with Gasteiger partial charge in [0.15, 0.2) is 0 Å². The van der Waals surface area contributed by atoms with Crippen LogP contribution in [0, 0.1) is 6.92 Å². The van der Waals surface area contributed by atoms with Gasteiger partial charge in [0.25, 0.3) is 5.56 Å². The van der Waals surface area contributed by atoms with E-state index in [0.717, 1.165) is 48.7 Å². The number of nitrogens with one attached hydrogen (secondary N) is 1. The fourth-order valence-corrected chi connectivity index (χ4v) is 3.59. The molecule has 4 heterocycles. The Hall–Kier alpha value is -2.77. The molecule has 0 amide bonds. The second kappa shape index (κ2) is 6.51. The number of fused-ring (bicyclic) bond motifs is 1. The summed E-state index contributed by atoms with van der Waals surface area (Å²) < 4.78 is 1.75. The van der Waals surface area contributed by atoms with E-state index in [2.05, 4.69) is 50.1 Å². The largest absolute Gasteiger partial charge is 0.368 e. The van der Waals surface area contributed by atoms with E-state index in [0.29, 0.717) is 11.7 Å². The minimum atomic E-state index is -0.0875. The second-order valence-corrected chi connectivity index (χ2v) is 7.25. The van der Waals surface area contributed by atoms with Crippen LogP contribution in [-0.2, 0) is 0 Å². The van der Waals surface area contributed by atoms with Crippen molar-refractivity contribution in [2.24, 2.45) is 0 Å². The van der Waals surface area contributed by atoms with Gasteiger partial charge >= 0.3 is 0 Å². The number of H-pyrrole nitrogens is 1. The molecule has 26 heavy (non-hydrogen) atoms. The first kappa shape index (κ1) is 16.7. The Bertz CT molecular complexity index is 991. The molecule has 136 valence electrons. The first-order chi connectivity index (χ1) is 12.5. The van der Waals surface area contributed by atoms with Crippen LogP contribution in [0.25, 0.3) is 5.65 Å². The number of anilines is 1. The van der Waals surface area contributed by atoms with Gasteiger partial charge in [-0.15, -0.1) is 10.2 Å². The van der Waals surface area contributed by atoms with Crippen molar-refractivity contribution in [3.8, 4) is 0 Å². The summed E-state index contributed by atoms with van der Waals surface area (Å²) in [5, 5.41) is 12.9. The van der Waals surface area contributed by atoms with Gasteiger partial charge in [0.05, 0.1) is 17.1 Å². The molecular formula is C18H23N7O. The van der Waals surface area contributed by atoms with Crippen LogP contribution in [0.5, 0.6) is 0 Å². The van der Waals surface area contributed by atoms with Crippen molar-refractivity contribution < 1.29 is 0 Å². The van der Waals surface area contributed by atoms with Crippen LogP contribution in [0.4, 0.5) is 5.69 Å². The fraction of sp³-hybridized carbons (Fsp3) is 0.500. The van der Waals surface area contributed by atoms with Crippen LogP contribution in [0.1, 0.15) is 55.7 Å². The van der Waals surface area contributed by atoms with E-state index in [-0.39, 0.29) is 11.5 Å². The Morgan fingerprint density at radius 3 is 2.92 bits per heavy atom. The summed E-state index contributed by atoms with van der Waals surface area (Å²) in [5.74, 6) is 1.21. The maximum atomic E-state index is 11.8. The van der Waals surface area contributed by atoms with E-state index in [1.54, 1.807) is 16.9 Å². The van der Waals surface area contributed by atoms with Crippen LogP contribution < -0.4 is 10.5 Å². The molecule has 8 nitrogen and oxygen atoms in total. The van der Waals surface area contributed by atoms with E-state index in [4.69, 9.17) is 0 Å². The Morgan fingerprint density at radius 2 is 2.15 bits per heavy atom. The first-order valence-electron chi connectivity index (χ1n) is 9.05. The molecule has 1 atom stereocenters. The van der Waals surface area contributed by atoms with Crippen LogP contribution >= 0.6 is 0 Å². The summed E-state index contributed by atoms with van der Waals surface area (Å²) in [5.41, 5.74) is 3.61. The average molecular weight is 353 g/mol. The molecule has 0 saturated carbocycles. The smallest absolute Gasteiger partial charge is 0.251 e. The summed E-state index contributed by atoms with van der Waals surface area (Å²) in [7, 11) is 0. The quantitative estimate of drug-likeness (QED) is 0.774. The summed E-state index contributed by atoms with van der Waals surface area (Å²) in [4.78, 5) is 21.4. The highest BCUT2D eigenvalue weighted by Crippen LogP contribution is 2.31. The molecule has 1 aliphatic rings. The zero-order valence-corrected chi connectivity index (χ0v) is 15.3. The van der Waals surface area contributed by atoms with Gasteiger partial charge < -0.3 is 9.88 Å². The van der Waals surface area contributed by atoms with Gasteiger partial charge in [-0.05, 0) is 31.7 Å². The highest BCUT2D eigenvalue weighted by molar-refractivity contribution is 5.68. The molecule has 4 rings (SSSR count). The minimum absolute atomic E-state index is 0.0875. The highest BCUT2D eigenvalue weighted by atomic mass is 16.1. The molecule has 0 spiro atoms. The lowest BCUT2D eigenvalue weighted by Gasteiger charge is -2.34. The summed E-state index contributed by atoms with van der Waals surface area (Å²) in [6, 6.07) is 3.74. The summed E-state index contributed by atoms with van der Waals surface area (Å²) >= 11 is 0. The maximum Gasteiger partial charge on any atom is 0.251 e. The van der Waals surface area contributed by atoms with Crippen LogP contribution in [0.3, 0.4) is 0 Å². The van der Waals surface area contributed by atoms with Gasteiger partial charge in [-0.1, -0.05) is 13.8 Å². The van der Waals surface area contributed by atoms with Crippen LogP contribution in [-0.4, -0.2) is 42.9 Å². The molecule has 0 bridgehead atoms. The second-order valence-electron chi connectivity index (χ2n) is 7.25. The normalized spacial score (nSPS) is 18.0. The zero-order chi connectivity index (χ0) is 18.3. The molecule has 0 aromatic carbocycles. The molecule has 1 fully saturated rings. The molecule has 0 radical (unpaired) electrons. The lowest BCUT2D eigenvalue weighted by Crippen LogP contribution is -2.35. The molecule has 8 heteroatoms. The molecular weight excluding hydrogens is 330 g/mol. The summed E-state index contributed by atoms with van der Waals surface area (Å²) in [6.07, 6.45) is 3.71. The third kappa shape index (κ3) is 3.07. The van der Waals surface area contributed by atoms with Crippen molar-refractivity contribution in [2.45, 2.75) is 45.4 Å². The third-order valence-electron chi connectivity index (χ3n) is 4.92. The number of aromatic amines is 1. The molecule has 1 N–H and O–H groups in total. The Kier molecular flexibility index (Phi) is 4.18. The highest BCUT2D eigenvalue weighted by Gasteiger charge is 2.26. The number of piperidine rings is 1. The molecule has 1 aliphatic heterocycles. The predicted octanol–water partition coefficient (Wildman–Crippen LogP) is 2.02. The topological polar surface area (TPSA) is 92.1 Å². The van der Waals surface area contributed by atoms with Gasteiger partial charge in [0.1, 0.15) is 12.2 Å². The van der Waals surface area contributed by atoms with E-state index in [1.807, 2.05) is 6.92 Å². The van der Waals surface area contributed by atoms with E-state index >= 15 is 0 Å². The van der Waals surface area contributed by atoms with Crippen LogP contribution in [0.2, 0.25) is 0 Å². The third-order valence-corrected chi connectivity index (χ3v) is 4.92. The Balaban J connectivity index is 1.71. The maximum absolute atomic E-state index is 11.8. The van der Waals surface area contributed by atoms with E-state index in [9.17, 15) is 4.79 Å². The molecule has 1 saturated heterocycles. The van der Waals surface area contributed by atoms with Gasteiger partial charge in [-0.3, -0.25) is 4.79 Å². The predicted molar refractivity (Wildman–Crippen MR) is 98.7 cm³/mol. The van der Waals surface area contributed by atoms with Crippen molar-refractivity contribution in [2.75, 3.05) is 18.0 Å². The van der Waals surface area contributed by atoms with Gasteiger partial charge in [0.2, 0.25) is 5.65 Å². The lowest BCUT2D eigenvalue weighted by atomic mass is 9.94. The van der Waals surface area contributed by atoms with Crippen molar-refractivity contribution in [3.05, 3.63) is 46.0 Å². The molecule has 3 aromatic rings. The summed E-state index contributed by atoms with van der Waals surface area (Å²) in [6.45, 7) is 7.83. The zero-order valence-electron chi connectivity index (χ0n) is 15.3. The van der Waals surface area contributed by atoms with Gasteiger partial charge in [-0.2, -0.15) is 9.61 Å². The van der Waals surface area contributed by atoms with E-state index in [1.165, 1.54) is 0 Å². The van der Waals surface area contributed by atoms with Crippen molar-refractivity contribution in [1.82, 2.24) is 29.8 Å². The number of hydrogen-bond acceptors (Lipinski definition) is 6. The van der Waals surface area contributed by atoms with Crippen molar-refractivity contribution in [3.63, 3.8) is 0 Å². The number of nitrogens with zero attached hydrogens (tertiary/aromatic N) is 6. The molecule has 3 aromatic heterocycles. The standard InChI is InChI=1S/C18H23N7O/c1-11(2)14-7-16(18-22-19-10-25(18)23-14)24-6-4-5-13(9-24)15-8-17(26)21-12(3)20-15/h7-8,10-11,13H,4-6,9H2,1-3H3,(H,20,21,26). The van der Waals surface area contributed by atoms with E-state index < -0.39 is 0 Å².